The van der Waals surface area contributed by atoms with Gasteiger partial charge in [0.1, 0.15) is 18.0 Å². The molecule has 4 nitrogen and oxygen atoms in total. The molecule has 1 saturated carbocycles. The molecular formula is C15H24N4S. The number of anilines is 2. The molecule has 0 unspecified atom stereocenters. The van der Waals surface area contributed by atoms with Crippen LogP contribution in [0.1, 0.15) is 32.6 Å². The van der Waals surface area contributed by atoms with Gasteiger partial charge in [-0.25, -0.2) is 9.97 Å². The molecule has 1 aliphatic carbocycles. The average molecular weight is 292 g/mol. The first kappa shape index (κ1) is 14.0. The quantitative estimate of drug-likeness (QED) is 0.927. The van der Waals surface area contributed by atoms with Crippen LogP contribution >= 0.6 is 11.8 Å². The highest BCUT2D eigenvalue weighted by atomic mass is 32.2. The standard InChI is InChI=1S/C15H24N4S/c1-12-2-4-13(5-3-12)18-14-10-15(17-11-16-14)19-6-8-20-9-7-19/h10-13H,2-9H2,1H3,(H,16,17,18). The van der Waals surface area contributed by atoms with Crippen molar-refractivity contribution >= 4 is 23.4 Å². The van der Waals surface area contributed by atoms with Crippen LogP contribution in [0, 0.1) is 5.92 Å². The molecule has 1 aromatic rings. The van der Waals surface area contributed by atoms with Gasteiger partial charge in [-0.1, -0.05) is 6.92 Å². The van der Waals surface area contributed by atoms with Crippen LogP contribution in [0.5, 0.6) is 0 Å². The summed E-state index contributed by atoms with van der Waals surface area (Å²) < 4.78 is 0. The van der Waals surface area contributed by atoms with Gasteiger partial charge in [-0.15, -0.1) is 0 Å². The van der Waals surface area contributed by atoms with Crippen LogP contribution in [0.25, 0.3) is 0 Å². The van der Waals surface area contributed by atoms with E-state index in [0.29, 0.717) is 6.04 Å². The summed E-state index contributed by atoms with van der Waals surface area (Å²) >= 11 is 2.03. The van der Waals surface area contributed by atoms with Gasteiger partial charge in [-0.2, -0.15) is 11.8 Å². The molecular weight excluding hydrogens is 268 g/mol. The second-order valence-electron chi connectivity index (χ2n) is 5.96. The van der Waals surface area contributed by atoms with Crippen molar-refractivity contribution < 1.29 is 0 Å². The van der Waals surface area contributed by atoms with Gasteiger partial charge in [0, 0.05) is 36.7 Å². The maximum atomic E-state index is 4.43. The fourth-order valence-electron chi connectivity index (χ4n) is 3.00. The highest BCUT2D eigenvalue weighted by Gasteiger charge is 2.19. The van der Waals surface area contributed by atoms with Gasteiger partial charge in [0.05, 0.1) is 0 Å². The molecule has 2 heterocycles. The third-order valence-corrected chi connectivity index (χ3v) is 5.30. The van der Waals surface area contributed by atoms with Crippen molar-refractivity contribution in [1.82, 2.24) is 9.97 Å². The largest absolute Gasteiger partial charge is 0.367 e. The van der Waals surface area contributed by atoms with E-state index in [2.05, 4.69) is 33.2 Å². The van der Waals surface area contributed by atoms with Gasteiger partial charge in [-0.3, -0.25) is 0 Å². The zero-order chi connectivity index (χ0) is 13.8. The second-order valence-corrected chi connectivity index (χ2v) is 7.19. The van der Waals surface area contributed by atoms with Crippen LogP contribution in [0.15, 0.2) is 12.4 Å². The van der Waals surface area contributed by atoms with E-state index in [4.69, 9.17) is 0 Å². The average Bonchev–Trinajstić information content (AvgIpc) is 2.51. The Morgan fingerprint density at radius 1 is 1.15 bits per heavy atom. The predicted octanol–water partition coefficient (Wildman–Crippen LogP) is 3.02. The summed E-state index contributed by atoms with van der Waals surface area (Å²) in [6.07, 6.45) is 6.89. The van der Waals surface area contributed by atoms with Gasteiger partial charge >= 0.3 is 0 Å². The van der Waals surface area contributed by atoms with Crippen LogP contribution in [0.2, 0.25) is 0 Å². The van der Waals surface area contributed by atoms with Crippen molar-refractivity contribution in [1.29, 1.82) is 0 Å². The van der Waals surface area contributed by atoms with E-state index < -0.39 is 0 Å². The lowest BCUT2D eigenvalue weighted by Gasteiger charge is -2.29. The summed E-state index contributed by atoms with van der Waals surface area (Å²) in [5.41, 5.74) is 0. The number of thioether (sulfide) groups is 1. The Kier molecular flexibility index (Phi) is 4.65. The highest BCUT2D eigenvalue weighted by molar-refractivity contribution is 7.99. The van der Waals surface area contributed by atoms with Crippen molar-refractivity contribution in [3.05, 3.63) is 12.4 Å². The van der Waals surface area contributed by atoms with Crippen LogP contribution in [0.3, 0.4) is 0 Å². The van der Waals surface area contributed by atoms with Crippen molar-refractivity contribution in [3.8, 4) is 0 Å². The number of aromatic nitrogens is 2. The minimum atomic E-state index is 0.589. The lowest BCUT2D eigenvalue weighted by atomic mass is 9.87. The Bertz CT molecular complexity index is 426. The van der Waals surface area contributed by atoms with Crippen LogP contribution in [-0.4, -0.2) is 40.6 Å². The Labute approximate surface area is 125 Å². The zero-order valence-electron chi connectivity index (χ0n) is 12.2. The number of hydrogen-bond acceptors (Lipinski definition) is 5. The molecule has 1 N–H and O–H groups in total. The Morgan fingerprint density at radius 3 is 2.65 bits per heavy atom. The first-order valence-electron chi connectivity index (χ1n) is 7.72. The smallest absolute Gasteiger partial charge is 0.134 e. The molecule has 0 aromatic carbocycles. The van der Waals surface area contributed by atoms with E-state index >= 15 is 0 Å². The van der Waals surface area contributed by atoms with E-state index in [-0.39, 0.29) is 0 Å². The van der Waals surface area contributed by atoms with E-state index in [1.165, 1.54) is 37.2 Å². The van der Waals surface area contributed by atoms with E-state index in [0.717, 1.165) is 30.6 Å². The first-order valence-corrected chi connectivity index (χ1v) is 8.88. The molecule has 3 rings (SSSR count). The van der Waals surface area contributed by atoms with Crippen molar-refractivity contribution in [2.45, 2.75) is 38.6 Å². The molecule has 1 aromatic heterocycles. The number of hydrogen-bond donors (Lipinski definition) is 1. The Hall–Kier alpha value is -0.970. The molecule has 2 aliphatic rings. The summed E-state index contributed by atoms with van der Waals surface area (Å²) in [6.45, 7) is 4.55. The molecule has 1 aliphatic heterocycles. The van der Waals surface area contributed by atoms with Crippen molar-refractivity contribution in [2.75, 3.05) is 34.8 Å². The maximum Gasteiger partial charge on any atom is 0.134 e. The number of nitrogens with one attached hydrogen (secondary N) is 1. The molecule has 1 saturated heterocycles. The van der Waals surface area contributed by atoms with Crippen molar-refractivity contribution in [2.24, 2.45) is 5.92 Å². The molecule has 0 bridgehead atoms. The number of nitrogens with zero attached hydrogens (tertiary/aromatic N) is 3. The van der Waals surface area contributed by atoms with E-state index in [9.17, 15) is 0 Å². The minimum absolute atomic E-state index is 0.589. The lowest BCUT2D eigenvalue weighted by Crippen LogP contribution is -2.33. The lowest BCUT2D eigenvalue weighted by molar-refractivity contribution is 0.361. The Balaban J connectivity index is 1.62. The second kappa shape index (κ2) is 6.66. The minimum Gasteiger partial charge on any atom is -0.367 e. The maximum absolute atomic E-state index is 4.43. The summed E-state index contributed by atoms with van der Waals surface area (Å²) in [7, 11) is 0. The summed E-state index contributed by atoms with van der Waals surface area (Å²) in [6, 6.07) is 2.71. The van der Waals surface area contributed by atoms with Gasteiger partial charge in [0.15, 0.2) is 0 Å². The molecule has 20 heavy (non-hydrogen) atoms. The summed E-state index contributed by atoms with van der Waals surface area (Å²) in [4.78, 5) is 11.2. The van der Waals surface area contributed by atoms with Crippen molar-refractivity contribution in [3.63, 3.8) is 0 Å². The highest BCUT2D eigenvalue weighted by Crippen LogP contribution is 2.26. The van der Waals surface area contributed by atoms with Crippen LogP contribution < -0.4 is 10.2 Å². The fourth-order valence-corrected chi connectivity index (χ4v) is 3.91. The Morgan fingerprint density at radius 2 is 1.90 bits per heavy atom. The topological polar surface area (TPSA) is 41.0 Å². The monoisotopic (exact) mass is 292 g/mol. The molecule has 110 valence electrons. The third kappa shape index (κ3) is 3.57. The fraction of sp³-hybridized carbons (Fsp3) is 0.733. The molecule has 0 atom stereocenters. The van der Waals surface area contributed by atoms with E-state index in [1.54, 1.807) is 6.33 Å². The molecule has 0 radical (unpaired) electrons. The molecule has 2 fully saturated rings. The predicted molar refractivity (Wildman–Crippen MR) is 86.6 cm³/mol. The van der Waals surface area contributed by atoms with Crippen LogP contribution in [0.4, 0.5) is 11.6 Å². The third-order valence-electron chi connectivity index (χ3n) is 4.36. The molecule has 0 spiro atoms. The summed E-state index contributed by atoms with van der Waals surface area (Å²) in [5, 5.41) is 3.60. The van der Waals surface area contributed by atoms with E-state index in [1.807, 2.05) is 11.8 Å². The number of rotatable bonds is 3. The molecule has 0 amide bonds. The summed E-state index contributed by atoms with van der Waals surface area (Å²) in [5.74, 6) is 5.36. The zero-order valence-corrected chi connectivity index (χ0v) is 13.0. The van der Waals surface area contributed by atoms with Gasteiger partial charge < -0.3 is 10.2 Å². The van der Waals surface area contributed by atoms with Crippen LogP contribution in [-0.2, 0) is 0 Å². The molecule has 5 heteroatoms. The van der Waals surface area contributed by atoms with Gasteiger partial charge in [-0.05, 0) is 31.6 Å². The first-order chi connectivity index (χ1) is 9.81. The van der Waals surface area contributed by atoms with Gasteiger partial charge in [0.25, 0.3) is 0 Å². The normalized spacial score (nSPS) is 27.4. The van der Waals surface area contributed by atoms with Gasteiger partial charge in [0.2, 0.25) is 0 Å². The SMILES string of the molecule is CC1CCC(Nc2cc(N3CCSCC3)ncn2)CC1.